The summed E-state index contributed by atoms with van der Waals surface area (Å²) in [5.74, 6) is 0.411. The van der Waals surface area contributed by atoms with Gasteiger partial charge in [-0.15, -0.1) is 11.3 Å². The number of carbonyl (C=O) groups excluding carboxylic acids is 1. The lowest BCUT2D eigenvalue weighted by molar-refractivity contribution is -0.127. The predicted octanol–water partition coefficient (Wildman–Crippen LogP) is 2.95. The number of hydrogen-bond acceptors (Lipinski definition) is 4. The van der Waals surface area contributed by atoms with Gasteiger partial charge in [0.1, 0.15) is 4.21 Å². The van der Waals surface area contributed by atoms with Gasteiger partial charge in [-0.1, -0.05) is 33.8 Å². The molecule has 0 aliphatic carbocycles. The molecule has 1 aromatic rings. The van der Waals surface area contributed by atoms with E-state index in [-0.39, 0.29) is 24.4 Å². The van der Waals surface area contributed by atoms with Gasteiger partial charge in [0.15, 0.2) is 0 Å². The number of amides is 1. The van der Waals surface area contributed by atoms with E-state index in [2.05, 4.69) is 33.0 Å². The number of carbonyl (C=O) groups is 1. The molecule has 2 heterocycles. The molecule has 1 aromatic heterocycles. The number of piperidine rings is 1. The molecule has 0 spiro atoms. The zero-order chi connectivity index (χ0) is 17.9. The van der Waals surface area contributed by atoms with Gasteiger partial charge in [0.05, 0.1) is 5.92 Å². The van der Waals surface area contributed by atoms with Gasteiger partial charge in [0.2, 0.25) is 5.91 Å². The molecule has 0 saturated carbocycles. The number of thiophene rings is 1. The van der Waals surface area contributed by atoms with Gasteiger partial charge < -0.3 is 5.32 Å². The first-order valence-corrected chi connectivity index (χ1v) is 10.9. The van der Waals surface area contributed by atoms with Crippen molar-refractivity contribution in [3.63, 3.8) is 0 Å². The summed E-state index contributed by atoms with van der Waals surface area (Å²) in [6.07, 6.45) is 1.46. The molecule has 1 atom stereocenters. The monoisotopic (exact) mass is 372 g/mol. The summed E-state index contributed by atoms with van der Waals surface area (Å²) in [7, 11) is -3.47. The molecule has 0 bridgehead atoms. The molecule has 1 aliphatic rings. The molecule has 1 saturated heterocycles. The number of rotatable bonds is 6. The Morgan fingerprint density at radius 3 is 2.50 bits per heavy atom. The van der Waals surface area contributed by atoms with Crippen LogP contribution in [0.25, 0.3) is 0 Å². The lowest BCUT2D eigenvalue weighted by Gasteiger charge is -2.33. The van der Waals surface area contributed by atoms with Gasteiger partial charge in [0, 0.05) is 19.1 Å². The van der Waals surface area contributed by atoms with Crippen molar-refractivity contribution in [2.75, 3.05) is 13.1 Å². The lowest BCUT2D eigenvalue weighted by atomic mass is 9.91. The molecule has 0 unspecified atom stereocenters. The second-order valence-electron chi connectivity index (χ2n) is 7.16. The normalized spacial score (nSPS) is 20.0. The Kier molecular flexibility index (Phi) is 6.45. The zero-order valence-electron chi connectivity index (χ0n) is 14.9. The Bertz CT molecular complexity index is 631. The van der Waals surface area contributed by atoms with E-state index in [1.54, 1.807) is 17.5 Å². The van der Waals surface area contributed by atoms with Crippen molar-refractivity contribution in [2.24, 2.45) is 17.8 Å². The molecule has 136 valence electrons. The molecule has 24 heavy (non-hydrogen) atoms. The third-order valence-electron chi connectivity index (χ3n) is 4.59. The van der Waals surface area contributed by atoms with Crippen LogP contribution in [0, 0.1) is 17.8 Å². The molecule has 1 amide bonds. The summed E-state index contributed by atoms with van der Waals surface area (Å²) in [6, 6.07) is 3.47. The average Bonchev–Trinajstić information content (AvgIpc) is 3.07. The Morgan fingerprint density at radius 1 is 1.29 bits per heavy atom. The number of nitrogens with one attached hydrogen (secondary N) is 1. The van der Waals surface area contributed by atoms with Crippen molar-refractivity contribution in [1.82, 2.24) is 9.62 Å². The van der Waals surface area contributed by atoms with Crippen molar-refractivity contribution >= 4 is 27.3 Å². The van der Waals surface area contributed by atoms with Gasteiger partial charge in [-0.05, 0) is 36.1 Å². The molecule has 7 heteroatoms. The van der Waals surface area contributed by atoms with Crippen molar-refractivity contribution in [1.29, 1.82) is 0 Å². The van der Waals surface area contributed by atoms with Gasteiger partial charge >= 0.3 is 0 Å². The minimum atomic E-state index is -3.47. The van der Waals surface area contributed by atoms with E-state index < -0.39 is 10.0 Å². The van der Waals surface area contributed by atoms with Crippen LogP contribution in [0.15, 0.2) is 21.7 Å². The van der Waals surface area contributed by atoms with E-state index in [9.17, 15) is 13.2 Å². The fraction of sp³-hybridized carbons (Fsp3) is 0.706. The Labute approximate surface area is 149 Å². The number of sulfonamides is 1. The number of nitrogens with zero attached hydrogens (tertiary/aromatic N) is 1. The summed E-state index contributed by atoms with van der Waals surface area (Å²) < 4.78 is 27.1. The largest absolute Gasteiger partial charge is 0.353 e. The van der Waals surface area contributed by atoms with E-state index in [4.69, 9.17) is 0 Å². The third kappa shape index (κ3) is 4.37. The van der Waals surface area contributed by atoms with E-state index in [1.807, 2.05) is 0 Å². The van der Waals surface area contributed by atoms with Gasteiger partial charge in [0.25, 0.3) is 10.0 Å². The van der Waals surface area contributed by atoms with Crippen LogP contribution in [-0.4, -0.2) is 37.8 Å². The van der Waals surface area contributed by atoms with Crippen LogP contribution < -0.4 is 5.32 Å². The van der Waals surface area contributed by atoms with Gasteiger partial charge in [-0.3, -0.25) is 4.79 Å². The second kappa shape index (κ2) is 7.97. The highest BCUT2D eigenvalue weighted by molar-refractivity contribution is 7.91. The highest BCUT2D eigenvalue weighted by Gasteiger charge is 2.34. The topological polar surface area (TPSA) is 66.5 Å². The van der Waals surface area contributed by atoms with E-state index in [0.717, 1.165) is 12.8 Å². The third-order valence-corrected chi connectivity index (χ3v) is 7.83. The first kappa shape index (κ1) is 19.4. The van der Waals surface area contributed by atoms with Crippen LogP contribution in [-0.2, 0) is 14.8 Å². The minimum Gasteiger partial charge on any atom is -0.353 e. The van der Waals surface area contributed by atoms with Crippen molar-refractivity contribution in [3.05, 3.63) is 17.5 Å². The van der Waals surface area contributed by atoms with E-state index >= 15 is 0 Å². The molecule has 5 nitrogen and oxygen atoms in total. The highest BCUT2D eigenvalue weighted by Crippen LogP contribution is 2.26. The maximum Gasteiger partial charge on any atom is 0.252 e. The summed E-state index contributed by atoms with van der Waals surface area (Å²) in [6.45, 7) is 9.15. The summed E-state index contributed by atoms with van der Waals surface area (Å²) in [5, 5.41) is 4.90. The summed E-state index contributed by atoms with van der Waals surface area (Å²) in [4.78, 5) is 12.6. The first-order valence-electron chi connectivity index (χ1n) is 8.57. The molecule has 1 aliphatic heterocycles. The Balaban J connectivity index is 2.06. The molecule has 1 fully saturated rings. The van der Waals surface area contributed by atoms with Crippen LogP contribution in [0.5, 0.6) is 0 Å². The van der Waals surface area contributed by atoms with Gasteiger partial charge in [-0.25, -0.2) is 8.42 Å². The molecular weight excluding hydrogens is 344 g/mol. The van der Waals surface area contributed by atoms with E-state index in [0.29, 0.717) is 22.6 Å². The van der Waals surface area contributed by atoms with Crippen LogP contribution in [0.1, 0.15) is 40.5 Å². The second-order valence-corrected chi connectivity index (χ2v) is 10.3. The minimum absolute atomic E-state index is 0.0199. The SMILES string of the molecule is CC(C)C(NC(=O)[C@H]1CCCN(S(=O)(=O)c2cccs2)C1)C(C)C. The maximum absolute atomic E-state index is 12.7. The standard InChI is InChI=1S/C17H28N2O3S2/c1-12(2)16(13(3)4)18-17(20)14-7-5-9-19(11-14)24(21,22)15-8-6-10-23-15/h6,8,10,12-14,16H,5,7,9,11H2,1-4H3,(H,18,20)/t14-/m0/s1. The highest BCUT2D eigenvalue weighted by atomic mass is 32.2. The van der Waals surface area contributed by atoms with Crippen LogP contribution in [0.2, 0.25) is 0 Å². The van der Waals surface area contributed by atoms with Crippen molar-refractivity contribution in [3.8, 4) is 0 Å². The van der Waals surface area contributed by atoms with E-state index in [1.165, 1.54) is 15.6 Å². The molecule has 0 radical (unpaired) electrons. The van der Waals surface area contributed by atoms with Crippen molar-refractivity contribution < 1.29 is 13.2 Å². The molecule has 1 N–H and O–H groups in total. The maximum atomic E-state index is 12.7. The zero-order valence-corrected chi connectivity index (χ0v) is 16.5. The summed E-state index contributed by atoms with van der Waals surface area (Å²) in [5.41, 5.74) is 0. The summed E-state index contributed by atoms with van der Waals surface area (Å²) >= 11 is 1.22. The first-order chi connectivity index (χ1) is 11.2. The van der Waals surface area contributed by atoms with Crippen LogP contribution >= 0.6 is 11.3 Å². The Morgan fingerprint density at radius 2 is 1.96 bits per heavy atom. The fourth-order valence-corrected chi connectivity index (χ4v) is 5.97. The lowest BCUT2D eigenvalue weighted by Crippen LogP contribution is -2.49. The van der Waals surface area contributed by atoms with Gasteiger partial charge in [-0.2, -0.15) is 4.31 Å². The molecule has 0 aromatic carbocycles. The average molecular weight is 373 g/mol. The predicted molar refractivity (Wildman–Crippen MR) is 97.4 cm³/mol. The number of hydrogen-bond donors (Lipinski definition) is 1. The Hall–Kier alpha value is -0.920. The fourth-order valence-electron chi connectivity index (χ4n) is 3.30. The van der Waals surface area contributed by atoms with Crippen LogP contribution in [0.3, 0.4) is 0 Å². The molecular formula is C17H28N2O3S2. The molecule has 2 rings (SSSR count). The smallest absolute Gasteiger partial charge is 0.252 e. The van der Waals surface area contributed by atoms with Crippen molar-refractivity contribution in [2.45, 2.75) is 50.8 Å². The van der Waals surface area contributed by atoms with Crippen LogP contribution in [0.4, 0.5) is 0 Å². The quantitative estimate of drug-likeness (QED) is 0.835.